The van der Waals surface area contributed by atoms with E-state index in [1.54, 1.807) is 18.2 Å². The predicted octanol–water partition coefficient (Wildman–Crippen LogP) is 9.82. The maximum atomic E-state index is 7.68. The third-order valence-electron chi connectivity index (χ3n) is 6.80. The van der Waals surface area contributed by atoms with Crippen LogP contribution >= 0.6 is 0 Å². The minimum Gasteiger partial charge on any atom is -0.500 e. The first kappa shape index (κ1) is 18.8. The Morgan fingerprint density at radius 1 is 0.643 bits per heavy atom. The van der Waals surface area contributed by atoms with Crippen molar-refractivity contribution in [3.05, 3.63) is 132 Å². The van der Waals surface area contributed by atoms with E-state index in [0.29, 0.717) is 33.7 Å². The van der Waals surface area contributed by atoms with Gasteiger partial charge >= 0.3 is 0 Å². The van der Waals surface area contributed by atoms with Crippen LogP contribution in [-0.4, -0.2) is 9.97 Å². The van der Waals surface area contributed by atoms with Crippen molar-refractivity contribution in [3.8, 4) is 22.5 Å². The summed E-state index contributed by atoms with van der Waals surface area (Å²) >= 11 is 0. The largest absolute Gasteiger partial charge is 0.500 e. The monoisotopic (exact) mass is 732 g/mol. The number of benzene rings is 4. The first-order valence-electron chi connectivity index (χ1n) is 17.3. The zero-order valence-electron chi connectivity index (χ0n) is 30.9. The van der Waals surface area contributed by atoms with Gasteiger partial charge in [0.2, 0.25) is 0 Å². The fourth-order valence-corrected chi connectivity index (χ4v) is 4.85. The number of furan rings is 2. The number of aromatic nitrogens is 2. The molecule has 0 N–H and O–H groups in total. The second-order valence-corrected chi connectivity index (χ2v) is 9.49. The average molecular weight is 732 g/mol. The molecule has 4 heterocycles. The number of aryl methyl sites for hydroxylation is 3. The quantitative estimate of drug-likeness (QED) is 0.166. The summed E-state index contributed by atoms with van der Waals surface area (Å²) in [4.78, 5) is 8.45. The van der Waals surface area contributed by atoms with Crippen molar-refractivity contribution in [3.63, 3.8) is 0 Å². The summed E-state index contributed by atoms with van der Waals surface area (Å²) in [5.41, 5.74) is 5.85. The van der Waals surface area contributed by atoms with Gasteiger partial charge in [-0.2, -0.15) is 0 Å². The number of hydrogen-bond donors (Lipinski definition) is 0. The molecule has 207 valence electrons. The molecule has 0 spiro atoms. The van der Waals surface area contributed by atoms with Crippen LogP contribution in [0.5, 0.6) is 0 Å². The number of rotatable bonds is 2. The molecule has 0 aliphatic rings. The molecular weight excluding hydrogens is 697 g/mol. The van der Waals surface area contributed by atoms with E-state index < -0.39 is 20.6 Å². The average Bonchev–Trinajstić information content (AvgIpc) is 3.64. The van der Waals surface area contributed by atoms with Crippen molar-refractivity contribution in [1.29, 1.82) is 0 Å². The molecule has 8 aromatic rings. The van der Waals surface area contributed by atoms with Crippen molar-refractivity contribution >= 4 is 43.9 Å². The molecule has 0 amide bonds. The smallest absolute Gasteiger partial charge is 0.139 e. The molecule has 1 radical (unpaired) electrons. The number of fused-ring (bicyclic) bond motifs is 6. The standard InChI is InChI=1S/C24H14NO2.C13H12N.Ir/c1-14-9-10-25-20(11-14)17-7-4-6-16-19-12-18-15-5-2-3-8-21(15)26-22(18)13-23(19)27-24(16)17;1-10-3-6-12(7-4-10)13-8-5-11(2)9-14-13;/h2-6,8-13H,1H3;3-6,8-9H,1-2H3;/q2*-1;/i1D3;1D3,2D3;. The number of hydrogen-bond acceptors (Lipinski definition) is 4. The minimum absolute atomic E-state index is 0. The van der Waals surface area contributed by atoms with E-state index in [2.05, 4.69) is 28.2 Å². The van der Waals surface area contributed by atoms with Crippen LogP contribution in [0.15, 0.2) is 112 Å². The molecule has 0 aliphatic heterocycles. The normalized spacial score (nSPS) is 15.1. The Kier molecular flexibility index (Phi) is 5.08. The molecule has 8 rings (SSSR count). The van der Waals surface area contributed by atoms with Crippen LogP contribution in [-0.2, 0) is 20.1 Å². The van der Waals surface area contributed by atoms with Gasteiger partial charge in [-0.25, -0.2) is 0 Å². The molecule has 4 aromatic carbocycles. The van der Waals surface area contributed by atoms with Crippen LogP contribution in [0.4, 0.5) is 0 Å². The van der Waals surface area contributed by atoms with Crippen molar-refractivity contribution < 1.29 is 41.3 Å². The van der Waals surface area contributed by atoms with Gasteiger partial charge in [0.05, 0.1) is 5.58 Å². The number of pyridine rings is 2. The predicted molar refractivity (Wildman–Crippen MR) is 166 cm³/mol. The Balaban J connectivity index is 0.000000188. The van der Waals surface area contributed by atoms with E-state index in [1.807, 2.05) is 42.5 Å². The molecule has 0 saturated carbocycles. The van der Waals surface area contributed by atoms with Crippen LogP contribution in [0.25, 0.3) is 66.4 Å². The second-order valence-electron chi connectivity index (χ2n) is 9.49. The third-order valence-corrected chi connectivity index (χ3v) is 6.80. The van der Waals surface area contributed by atoms with Gasteiger partial charge in [0.1, 0.15) is 16.7 Å². The van der Waals surface area contributed by atoms with Crippen LogP contribution < -0.4 is 0 Å². The number of para-hydroxylation sites is 1. The summed E-state index contributed by atoms with van der Waals surface area (Å²) < 4.78 is 78.8. The van der Waals surface area contributed by atoms with E-state index in [1.165, 1.54) is 36.7 Å². The maximum Gasteiger partial charge on any atom is 0.139 e. The molecule has 5 heteroatoms. The summed E-state index contributed by atoms with van der Waals surface area (Å²) in [6.45, 7) is -6.54. The van der Waals surface area contributed by atoms with Crippen LogP contribution in [0, 0.1) is 32.7 Å². The fourth-order valence-electron chi connectivity index (χ4n) is 4.85. The van der Waals surface area contributed by atoms with Crippen LogP contribution in [0.2, 0.25) is 0 Å². The molecular formula is C37H26IrN2O2-2. The molecule has 4 nitrogen and oxygen atoms in total. The summed E-state index contributed by atoms with van der Waals surface area (Å²) in [5.74, 6) is 0. The van der Waals surface area contributed by atoms with Gasteiger partial charge in [-0.15, -0.1) is 53.6 Å². The van der Waals surface area contributed by atoms with Gasteiger partial charge in [-0.3, -0.25) is 0 Å². The summed E-state index contributed by atoms with van der Waals surface area (Å²) in [6, 6.07) is 32.4. The first-order valence-corrected chi connectivity index (χ1v) is 12.8. The van der Waals surface area contributed by atoms with Gasteiger partial charge in [0, 0.05) is 67.1 Å². The molecule has 0 bridgehead atoms. The van der Waals surface area contributed by atoms with E-state index in [-0.39, 0.29) is 36.8 Å². The molecule has 0 fully saturated rings. The Morgan fingerprint density at radius 2 is 1.48 bits per heavy atom. The van der Waals surface area contributed by atoms with E-state index in [9.17, 15) is 0 Å². The Labute approximate surface area is 270 Å². The number of nitrogens with zero attached hydrogens (tertiary/aromatic N) is 2. The summed E-state index contributed by atoms with van der Waals surface area (Å²) in [5, 5.41) is 3.97. The van der Waals surface area contributed by atoms with Crippen LogP contribution in [0.3, 0.4) is 0 Å². The SMILES string of the molecule is [2H]C([2H])([2H])c1c[c-]c(-c2ccc(C([2H])([2H])[2H])cn2)cc1.[2H]C([2H])([2H])c1ccnc(-c2[c-]ccc3c2oc2cc4oc5ccccc5c4cc23)c1.[Ir]. The van der Waals surface area contributed by atoms with Crippen molar-refractivity contribution in [2.24, 2.45) is 0 Å². The van der Waals surface area contributed by atoms with Gasteiger partial charge in [0.15, 0.2) is 0 Å². The molecule has 4 aromatic heterocycles. The molecule has 0 atom stereocenters. The van der Waals surface area contributed by atoms with Crippen LogP contribution in [0.1, 0.15) is 29.0 Å². The van der Waals surface area contributed by atoms with Gasteiger partial charge in [-0.1, -0.05) is 59.8 Å². The van der Waals surface area contributed by atoms with Crippen molar-refractivity contribution in [1.82, 2.24) is 9.97 Å². The van der Waals surface area contributed by atoms with E-state index in [4.69, 9.17) is 21.2 Å². The maximum absolute atomic E-state index is 7.68. The Hall–Kier alpha value is -4.57. The summed E-state index contributed by atoms with van der Waals surface area (Å²) in [7, 11) is 0. The zero-order chi connectivity index (χ0) is 35.4. The molecule has 0 unspecified atom stereocenters. The van der Waals surface area contributed by atoms with E-state index >= 15 is 0 Å². The van der Waals surface area contributed by atoms with Gasteiger partial charge < -0.3 is 18.8 Å². The Bertz CT molecular complexity index is 2440. The molecule has 0 aliphatic carbocycles. The molecule has 0 saturated heterocycles. The molecule has 42 heavy (non-hydrogen) atoms. The van der Waals surface area contributed by atoms with Crippen molar-refractivity contribution in [2.75, 3.05) is 0 Å². The second kappa shape index (κ2) is 11.4. The van der Waals surface area contributed by atoms with Gasteiger partial charge in [0.25, 0.3) is 0 Å². The summed E-state index contributed by atoms with van der Waals surface area (Å²) in [6.07, 6.45) is 2.81. The first-order chi connectivity index (χ1) is 23.7. The van der Waals surface area contributed by atoms with E-state index in [0.717, 1.165) is 32.7 Å². The topological polar surface area (TPSA) is 52.1 Å². The van der Waals surface area contributed by atoms with Gasteiger partial charge in [-0.05, 0) is 48.9 Å². The minimum atomic E-state index is -2.20. The third kappa shape index (κ3) is 5.14. The fraction of sp³-hybridized carbons (Fsp3) is 0.0811. The van der Waals surface area contributed by atoms with Crippen molar-refractivity contribution in [2.45, 2.75) is 20.6 Å². The zero-order valence-corrected chi connectivity index (χ0v) is 24.3. The Morgan fingerprint density at radius 3 is 2.29 bits per heavy atom.